The molecule has 0 aliphatic rings. The summed E-state index contributed by atoms with van der Waals surface area (Å²) in [5, 5.41) is 12.4. The lowest BCUT2D eigenvalue weighted by molar-refractivity contribution is 0.0635. The normalized spacial score (nSPS) is 10.9. The van der Waals surface area contributed by atoms with E-state index in [9.17, 15) is 9.90 Å². The molecule has 0 aliphatic carbocycles. The predicted molar refractivity (Wildman–Crippen MR) is 81.1 cm³/mol. The van der Waals surface area contributed by atoms with Gasteiger partial charge in [-0.15, -0.1) is 6.58 Å². The van der Waals surface area contributed by atoms with Crippen LogP contribution in [0.25, 0.3) is 0 Å². The molecule has 0 unspecified atom stereocenters. The number of carbonyl (C=O) groups excluding carboxylic acids is 1. The molecular weight excluding hydrogens is 254 g/mol. The first-order valence-electron chi connectivity index (χ1n) is 6.74. The molecule has 4 nitrogen and oxygen atoms in total. The highest BCUT2D eigenvalue weighted by atomic mass is 16.6. The Balaban J connectivity index is 2.64. The van der Waals surface area contributed by atoms with Crippen LogP contribution in [0.15, 0.2) is 30.9 Å². The zero-order chi connectivity index (χ0) is 15.2. The number of phenolic OH excluding ortho intramolecular Hbond substituents is 1. The van der Waals surface area contributed by atoms with Gasteiger partial charge in [0.2, 0.25) is 0 Å². The standard InChI is InChI=1S/C16H23NO3/c1-5-6-7-8-12-9-10-13(14(18)11-12)17-15(19)20-16(2,3)4/h5,9-11,18H,1,6-8H2,2-4H3,(H,17,19). The zero-order valence-electron chi connectivity index (χ0n) is 12.4. The number of phenols is 1. The van der Waals surface area contributed by atoms with E-state index in [1.165, 1.54) is 0 Å². The average molecular weight is 277 g/mol. The van der Waals surface area contributed by atoms with Crippen molar-refractivity contribution in [1.29, 1.82) is 0 Å². The molecule has 1 aromatic rings. The molecule has 0 aromatic heterocycles. The summed E-state index contributed by atoms with van der Waals surface area (Å²) in [7, 11) is 0. The van der Waals surface area contributed by atoms with Crippen molar-refractivity contribution in [2.24, 2.45) is 0 Å². The van der Waals surface area contributed by atoms with Gasteiger partial charge in [0.25, 0.3) is 0 Å². The Morgan fingerprint density at radius 2 is 2.15 bits per heavy atom. The minimum absolute atomic E-state index is 0.0481. The lowest BCUT2D eigenvalue weighted by Crippen LogP contribution is -2.27. The molecule has 0 saturated heterocycles. The van der Waals surface area contributed by atoms with Gasteiger partial charge in [-0.3, -0.25) is 5.32 Å². The van der Waals surface area contributed by atoms with Gasteiger partial charge >= 0.3 is 6.09 Å². The van der Waals surface area contributed by atoms with Crippen molar-refractivity contribution in [3.63, 3.8) is 0 Å². The second-order valence-electron chi connectivity index (χ2n) is 5.66. The number of hydrogen-bond acceptors (Lipinski definition) is 3. The SMILES string of the molecule is C=CCCCc1ccc(NC(=O)OC(C)(C)C)c(O)c1. The minimum Gasteiger partial charge on any atom is -0.506 e. The first-order chi connectivity index (χ1) is 9.31. The summed E-state index contributed by atoms with van der Waals surface area (Å²) in [6.07, 6.45) is 4.10. The second kappa shape index (κ2) is 6.98. The van der Waals surface area contributed by atoms with Gasteiger partial charge in [0.15, 0.2) is 0 Å². The van der Waals surface area contributed by atoms with Crippen LogP contribution in [0.5, 0.6) is 5.75 Å². The van der Waals surface area contributed by atoms with Crippen LogP contribution in [0, 0.1) is 0 Å². The largest absolute Gasteiger partial charge is 0.506 e. The monoisotopic (exact) mass is 277 g/mol. The van der Waals surface area contributed by atoms with Crippen LogP contribution in [0.1, 0.15) is 39.2 Å². The van der Waals surface area contributed by atoms with Gasteiger partial charge in [-0.05, 0) is 57.7 Å². The smallest absolute Gasteiger partial charge is 0.412 e. The average Bonchev–Trinajstić information content (AvgIpc) is 2.30. The van der Waals surface area contributed by atoms with Crippen molar-refractivity contribution in [3.05, 3.63) is 36.4 Å². The summed E-state index contributed by atoms with van der Waals surface area (Å²) < 4.78 is 5.13. The van der Waals surface area contributed by atoms with Crippen molar-refractivity contribution in [2.45, 2.75) is 45.6 Å². The summed E-state index contributed by atoms with van der Waals surface area (Å²) in [4.78, 5) is 11.6. The van der Waals surface area contributed by atoms with E-state index in [1.807, 2.05) is 12.1 Å². The summed E-state index contributed by atoms with van der Waals surface area (Å²) in [5.41, 5.74) is 0.815. The maximum atomic E-state index is 11.6. The van der Waals surface area contributed by atoms with Crippen molar-refractivity contribution >= 4 is 11.8 Å². The van der Waals surface area contributed by atoms with Gasteiger partial charge in [0.1, 0.15) is 11.4 Å². The molecule has 0 bridgehead atoms. The molecule has 110 valence electrons. The van der Waals surface area contributed by atoms with Crippen molar-refractivity contribution in [3.8, 4) is 5.75 Å². The predicted octanol–water partition coefficient (Wildman–Crippen LogP) is 4.25. The molecule has 20 heavy (non-hydrogen) atoms. The van der Waals surface area contributed by atoms with Crippen LogP contribution in [-0.2, 0) is 11.2 Å². The number of nitrogens with one attached hydrogen (secondary N) is 1. The third-order valence-corrected chi connectivity index (χ3v) is 2.57. The van der Waals surface area contributed by atoms with Crippen LogP contribution < -0.4 is 5.32 Å². The van der Waals surface area contributed by atoms with Gasteiger partial charge in [0.05, 0.1) is 5.69 Å². The van der Waals surface area contributed by atoms with Gasteiger partial charge in [-0.1, -0.05) is 12.1 Å². The molecule has 0 radical (unpaired) electrons. The Bertz CT molecular complexity index is 475. The number of aromatic hydroxyl groups is 1. The van der Waals surface area contributed by atoms with E-state index in [4.69, 9.17) is 4.74 Å². The molecule has 4 heteroatoms. The summed E-state index contributed by atoms with van der Waals surface area (Å²) in [6.45, 7) is 9.04. The van der Waals surface area contributed by atoms with E-state index in [1.54, 1.807) is 32.9 Å². The molecule has 0 saturated carbocycles. The first-order valence-corrected chi connectivity index (χ1v) is 6.74. The second-order valence-corrected chi connectivity index (χ2v) is 5.66. The molecule has 0 spiro atoms. The summed E-state index contributed by atoms with van der Waals surface area (Å²) in [6, 6.07) is 5.23. The molecule has 2 N–H and O–H groups in total. The Labute approximate surface area is 120 Å². The lowest BCUT2D eigenvalue weighted by Gasteiger charge is -2.20. The topological polar surface area (TPSA) is 58.6 Å². The number of benzene rings is 1. The van der Waals surface area contributed by atoms with Crippen molar-refractivity contribution in [2.75, 3.05) is 5.32 Å². The van der Waals surface area contributed by atoms with Crippen LogP contribution in [0.3, 0.4) is 0 Å². The van der Waals surface area contributed by atoms with Crippen molar-refractivity contribution < 1.29 is 14.6 Å². The van der Waals surface area contributed by atoms with Crippen LogP contribution in [-0.4, -0.2) is 16.8 Å². The van der Waals surface area contributed by atoms with E-state index in [0.29, 0.717) is 5.69 Å². The zero-order valence-corrected chi connectivity index (χ0v) is 12.4. The molecule has 0 aliphatic heterocycles. The number of carbonyl (C=O) groups is 1. The Hall–Kier alpha value is -1.97. The number of allylic oxidation sites excluding steroid dienone is 1. The van der Waals surface area contributed by atoms with Crippen LogP contribution in [0.4, 0.5) is 10.5 Å². The highest BCUT2D eigenvalue weighted by molar-refractivity contribution is 5.86. The molecule has 0 atom stereocenters. The first kappa shape index (κ1) is 16.1. The number of hydrogen-bond donors (Lipinski definition) is 2. The fourth-order valence-corrected chi connectivity index (χ4v) is 1.70. The van der Waals surface area contributed by atoms with Gasteiger partial charge in [-0.2, -0.15) is 0 Å². The van der Waals surface area contributed by atoms with Crippen LogP contribution in [0.2, 0.25) is 0 Å². The van der Waals surface area contributed by atoms with Crippen LogP contribution >= 0.6 is 0 Å². The molecule has 1 amide bonds. The summed E-state index contributed by atoms with van der Waals surface area (Å²) in [5.74, 6) is 0.0481. The van der Waals surface area contributed by atoms with E-state index in [-0.39, 0.29) is 5.75 Å². The van der Waals surface area contributed by atoms with Crippen molar-refractivity contribution in [1.82, 2.24) is 0 Å². The number of anilines is 1. The van der Waals surface area contributed by atoms with E-state index < -0.39 is 11.7 Å². The molecule has 0 heterocycles. The highest BCUT2D eigenvalue weighted by Crippen LogP contribution is 2.25. The molecule has 1 rings (SSSR count). The number of rotatable bonds is 5. The van der Waals surface area contributed by atoms with E-state index >= 15 is 0 Å². The molecular formula is C16H23NO3. The van der Waals surface area contributed by atoms with E-state index in [0.717, 1.165) is 24.8 Å². The van der Waals surface area contributed by atoms with Gasteiger partial charge in [0, 0.05) is 0 Å². The number of unbranched alkanes of at least 4 members (excludes halogenated alkanes) is 1. The number of amides is 1. The van der Waals surface area contributed by atoms with Gasteiger partial charge < -0.3 is 9.84 Å². The Kier molecular flexibility index (Phi) is 5.62. The van der Waals surface area contributed by atoms with E-state index in [2.05, 4.69) is 11.9 Å². The third kappa shape index (κ3) is 5.78. The minimum atomic E-state index is -0.577. The highest BCUT2D eigenvalue weighted by Gasteiger charge is 2.17. The fraction of sp³-hybridized carbons (Fsp3) is 0.438. The Morgan fingerprint density at radius 3 is 2.70 bits per heavy atom. The van der Waals surface area contributed by atoms with Gasteiger partial charge in [-0.25, -0.2) is 4.79 Å². The third-order valence-electron chi connectivity index (χ3n) is 2.57. The summed E-state index contributed by atoms with van der Waals surface area (Å²) >= 11 is 0. The lowest BCUT2D eigenvalue weighted by atomic mass is 10.1. The maximum Gasteiger partial charge on any atom is 0.412 e. The maximum absolute atomic E-state index is 11.6. The molecule has 0 fully saturated rings. The molecule has 1 aromatic carbocycles. The quantitative estimate of drug-likeness (QED) is 0.480. The number of ether oxygens (including phenoxy) is 1. The Morgan fingerprint density at radius 1 is 1.45 bits per heavy atom. The fourth-order valence-electron chi connectivity index (χ4n) is 1.70. The number of aryl methyl sites for hydroxylation is 1.